The van der Waals surface area contributed by atoms with Crippen LogP contribution in [0.25, 0.3) is 33.5 Å². The predicted molar refractivity (Wildman–Crippen MR) is 111 cm³/mol. The fourth-order valence-electron chi connectivity index (χ4n) is 3.56. The molecule has 6 nitrogen and oxygen atoms in total. The van der Waals surface area contributed by atoms with Crippen molar-refractivity contribution in [1.82, 2.24) is 24.3 Å². The zero-order chi connectivity index (χ0) is 22.3. The first kappa shape index (κ1) is 19.5. The van der Waals surface area contributed by atoms with Crippen LogP contribution in [0.1, 0.15) is 11.3 Å². The van der Waals surface area contributed by atoms with Crippen molar-refractivity contribution in [2.75, 3.05) is 0 Å². The van der Waals surface area contributed by atoms with Crippen LogP contribution in [-0.4, -0.2) is 24.3 Å². The average molecular weight is 430 g/mol. The molecule has 0 unspecified atom stereocenters. The van der Waals surface area contributed by atoms with E-state index in [0.717, 1.165) is 5.56 Å². The second-order valence-electron chi connectivity index (χ2n) is 7.00. The van der Waals surface area contributed by atoms with Gasteiger partial charge in [0.1, 0.15) is 0 Å². The molecule has 2 aromatic carbocycles. The maximum Gasteiger partial charge on any atom is 0.435 e. The lowest BCUT2D eigenvalue weighted by molar-refractivity contribution is -0.140. The molecule has 5 rings (SSSR count). The SMILES string of the molecule is N#Cc1ccc(-n2nc(C(F)(F)F)c3c(-n4cnc(-c5cccnc5)c4)cccc32)cc1. The number of benzene rings is 2. The normalized spacial score (nSPS) is 11.6. The molecule has 0 saturated carbocycles. The Balaban J connectivity index is 1.72. The molecule has 0 amide bonds. The monoisotopic (exact) mass is 430 g/mol. The molecule has 0 N–H and O–H groups in total. The van der Waals surface area contributed by atoms with E-state index < -0.39 is 11.9 Å². The summed E-state index contributed by atoms with van der Waals surface area (Å²) in [6.45, 7) is 0. The first-order chi connectivity index (χ1) is 15.5. The molecule has 0 aliphatic rings. The van der Waals surface area contributed by atoms with Crippen LogP contribution >= 0.6 is 0 Å². The molecule has 0 bridgehead atoms. The van der Waals surface area contributed by atoms with Crippen LogP contribution in [0.2, 0.25) is 0 Å². The summed E-state index contributed by atoms with van der Waals surface area (Å²) < 4.78 is 44.7. The van der Waals surface area contributed by atoms with E-state index in [1.54, 1.807) is 59.6 Å². The molecule has 0 fully saturated rings. The molecular formula is C23H13F3N6. The minimum atomic E-state index is -4.67. The van der Waals surface area contributed by atoms with E-state index in [1.807, 2.05) is 12.1 Å². The van der Waals surface area contributed by atoms with Crippen molar-refractivity contribution in [3.05, 3.63) is 90.8 Å². The summed E-state index contributed by atoms with van der Waals surface area (Å²) >= 11 is 0. The number of rotatable bonds is 3. The molecule has 0 saturated heterocycles. The number of imidazole rings is 1. The topological polar surface area (TPSA) is 72.3 Å². The molecule has 0 aliphatic carbocycles. The van der Waals surface area contributed by atoms with Gasteiger partial charge in [0.05, 0.1) is 45.9 Å². The predicted octanol–water partition coefficient (Wildman–Crippen LogP) is 5.16. The third-order valence-electron chi connectivity index (χ3n) is 5.01. The van der Waals surface area contributed by atoms with Gasteiger partial charge in [-0.25, -0.2) is 9.67 Å². The Labute approximate surface area is 179 Å². The standard InChI is InChI=1S/C23H13F3N6/c24-23(25,26)22-21-19(31-13-18(29-14-31)16-3-2-10-28-12-16)4-1-5-20(21)32(30-22)17-8-6-15(11-27)7-9-17/h1-10,12-14H. The minimum Gasteiger partial charge on any atom is -0.305 e. The summed E-state index contributed by atoms with van der Waals surface area (Å²) in [6, 6.07) is 16.6. The largest absolute Gasteiger partial charge is 0.435 e. The van der Waals surface area contributed by atoms with E-state index in [-0.39, 0.29) is 10.9 Å². The van der Waals surface area contributed by atoms with Crippen LogP contribution < -0.4 is 0 Å². The average Bonchev–Trinajstić information content (AvgIpc) is 3.45. The highest BCUT2D eigenvalue weighted by atomic mass is 19.4. The molecule has 0 atom stereocenters. The van der Waals surface area contributed by atoms with Crippen molar-refractivity contribution in [3.63, 3.8) is 0 Å². The smallest absolute Gasteiger partial charge is 0.305 e. The number of nitrogens with zero attached hydrogens (tertiary/aromatic N) is 6. The van der Waals surface area contributed by atoms with Crippen molar-refractivity contribution in [3.8, 4) is 28.7 Å². The van der Waals surface area contributed by atoms with Gasteiger partial charge in [0.25, 0.3) is 0 Å². The summed E-state index contributed by atoms with van der Waals surface area (Å²) in [4.78, 5) is 8.39. The third-order valence-corrected chi connectivity index (χ3v) is 5.01. The van der Waals surface area contributed by atoms with E-state index in [0.29, 0.717) is 22.6 Å². The summed E-state index contributed by atoms with van der Waals surface area (Å²) in [5.74, 6) is 0. The van der Waals surface area contributed by atoms with Gasteiger partial charge in [0.15, 0.2) is 5.69 Å². The lowest BCUT2D eigenvalue weighted by atomic mass is 10.1. The van der Waals surface area contributed by atoms with Crippen LogP contribution in [0.3, 0.4) is 0 Å². The van der Waals surface area contributed by atoms with Crippen molar-refractivity contribution in [1.29, 1.82) is 5.26 Å². The zero-order valence-corrected chi connectivity index (χ0v) is 16.3. The van der Waals surface area contributed by atoms with Gasteiger partial charge in [-0.05, 0) is 48.5 Å². The molecule has 5 aromatic rings. The molecule has 0 aliphatic heterocycles. The zero-order valence-electron chi connectivity index (χ0n) is 16.3. The lowest BCUT2D eigenvalue weighted by Gasteiger charge is -2.08. The van der Waals surface area contributed by atoms with Crippen molar-refractivity contribution in [2.24, 2.45) is 0 Å². The number of hydrogen-bond donors (Lipinski definition) is 0. The van der Waals surface area contributed by atoms with Crippen molar-refractivity contribution in [2.45, 2.75) is 6.18 Å². The number of aromatic nitrogens is 5. The fourth-order valence-corrected chi connectivity index (χ4v) is 3.56. The first-order valence-corrected chi connectivity index (χ1v) is 9.50. The first-order valence-electron chi connectivity index (χ1n) is 9.50. The van der Waals surface area contributed by atoms with Gasteiger partial charge >= 0.3 is 6.18 Å². The summed E-state index contributed by atoms with van der Waals surface area (Å²) in [5, 5.41) is 12.9. The molecule has 9 heteroatoms. The maximum absolute atomic E-state index is 14.0. The Hall–Kier alpha value is -4.45. The Morgan fingerprint density at radius 2 is 1.78 bits per heavy atom. The molecule has 0 radical (unpaired) electrons. The Bertz CT molecular complexity index is 1460. The number of fused-ring (bicyclic) bond motifs is 1. The second-order valence-corrected chi connectivity index (χ2v) is 7.00. The van der Waals surface area contributed by atoms with Gasteiger partial charge in [-0.15, -0.1) is 0 Å². The number of halogens is 3. The number of hydrogen-bond acceptors (Lipinski definition) is 4. The van der Waals surface area contributed by atoms with Crippen LogP contribution in [-0.2, 0) is 6.18 Å². The van der Waals surface area contributed by atoms with Gasteiger partial charge < -0.3 is 4.57 Å². The second kappa shape index (κ2) is 7.35. The van der Waals surface area contributed by atoms with Crippen LogP contribution in [0.15, 0.2) is 79.5 Å². The summed E-state index contributed by atoms with van der Waals surface area (Å²) in [7, 11) is 0. The van der Waals surface area contributed by atoms with E-state index in [1.165, 1.54) is 23.1 Å². The minimum absolute atomic E-state index is 0.0421. The number of alkyl halides is 3. The van der Waals surface area contributed by atoms with Gasteiger partial charge in [-0.3, -0.25) is 4.98 Å². The molecule has 32 heavy (non-hydrogen) atoms. The van der Waals surface area contributed by atoms with Gasteiger partial charge in [-0.2, -0.15) is 23.5 Å². The highest BCUT2D eigenvalue weighted by Gasteiger charge is 2.38. The summed E-state index contributed by atoms with van der Waals surface area (Å²) in [5.41, 5.74) is 1.76. The van der Waals surface area contributed by atoms with E-state index in [9.17, 15) is 13.2 Å². The van der Waals surface area contributed by atoms with Crippen LogP contribution in [0.5, 0.6) is 0 Å². The number of pyridine rings is 1. The molecule has 0 spiro atoms. The molecule has 3 aromatic heterocycles. The fraction of sp³-hybridized carbons (Fsp3) is 0.0435. The highest BCUT2D eigenvalue weighted by molar-refractivity contribution is 5.92. The van der Waals surface area contributed by atoms with Crippen LogP contribution in [0.4, 0.5) is 13.2 Å². The number of nitriles is 1. The van der Waals surface area contributed by atoms with Crippen LogP contribution in [0, 0.1) is 11.3 Å². The maximum atomic E-state index is 14.0. The van der Waals surface area contributed by atoms with Crippen molar-refractivity contribution < 1.29 is 13.2 Å². The third kappa shape index (κ3) is 3.28. The van der Waals surface area contributed by atoms with E-state index in [4.69, 9.17) is 5.26 Å². The van der Waals surface area contributed by atoms with Crippen molar-refractivity contribution >= 4 is 10.9 Å². The highest BCUT2D eigenvalue weighted by Crippen LogP contribution is 2.38. The lowest BCUT2D eigenvalue weighted by Crippen LogP contribution is -2.08. The Morgan fingerprint density at radius 3 is 2.47 bits per heavy atom. The van der Waals surface area contributed by atoms with E-state index >= 15 is 0 Å². The summed E-state index contributed by atoms with van der Waals surface area (Å²) in [6.07, 6.45) is 1.73. The quantitative estimate of drug-likeness (QED) is 0.396. The van der Waals surface area contributed by atoms with Gasteiger partial charge in [-0.1, -0.05) is 6.07 Å². The van der Waals surface area contributed by atoms with Gasteiger partial charge in [0.2, 0.25) is 0 Å². The molecule has 3 heterocycles. The Kier molecular flexibility index (Phi) is 4.48. The molecule has 156 valence electrons. The van der Waals surface area contributed by atoms with E-state index in [2.05, 4.69) is 15.1 Å². The van der Waals surface area contributed by atoms with Gasteiger partial charge in [0, 0.05) is 24.2 Å². The molecular weight excluding hydrogens is 417 g/mol. The Morgan fingerprint density at radius 1 is 0.969 bits per heavy atom.